The number of rotatable bonds is 7. The van der Waals surface area contributed by atoms with Crippen LogP contribution < -0.4 is 10.6 Å². The summed E-state index contributed by atoms with van der Waals surface area (Å²) in [4.78, 5) is 12.6. The highest BCUT2D eigenvalue weighted by molar-refractivity contribution is 7.80. The maximum Gasteiger partial charge on any atom is 0.234 e. The van der Waals surface area contributed by atoms with Gasteiger partial charge in [0.25, 0.3) is 0 Å². The third kappa shape index (κ3) is 4.86. The number of amides is 1. The van der Waals surface area contributed by atoms with E-state index in [1.165, 1.54) is 11.3 Å². The fraction of sp³-hybridized carbons (Fsp3) is 0.389. The molecule has 1 aromatic carbocycles. The van der Waals surface area contributed by atoms with Crippen LogP contribution in [0, 0.1) is 0 Å². The average Bonchev–Trinajstić information content (AvgIpc) is 3.22. The Morgan fingerprint density at radius 2 is 2.11 bits per heavy atom. The number of carbonyl (C=O) groups excluding carboxylic acids is 1. The van der Waals surface area contributed by atoms with Gasteiger partial charge in [-0.25, -0.2) is 0 Å². The normalized spacial score (nSPS) is 10.9. The summed E-state index contributed by atoms with van der Waals surface area (Å²) >= 11 is 6.73. The van der Waals surface area contributed by atoms with Crippen molar-refractivity contribution in [3.05, 3.63) is 30.1 Å². The first kappa shape index (κ1) is 19.4. The Kier molecular flexibility index (Phi) is 6.46. The number of unbranched alkanes of at least 4 members (excludes halogenated alkanes) is 2. The number of benzene rings is 1. The molecule has 3 rings (SSSR count). The molecule has 0 aliphatic carbocycles. The van der Waals surface area contributed by atoms with Gasteiger partial charge in [-0.1, -0.05) is 50.2 Å². The highest BCUT2D eigenvalue weighted by atomic mass is 32.1. The van der Waals surface area contributed by atoms with Crippen molar-refractivity contribution in [3.8, 4) is 10.6 Å². The predicted octanol–water partition coefficient (Wildman–Crippen LogP) is 3.81. The Bertz CT molecular complexity index is 948. The highest BCUT2D eigenvalue weighted by Gasteiger charge is 2.12. The molecule has 0 bridgehead atoms. The molecule has 0 radical (unpaired) electrons. The van der Waals surface area contributed by atoms with Gasteiger partial charge in [-0.2, -0.15) is 9.61 Å². The maximum atomic E-state index is 11.9. The Balaban J connectivity index is 1.66. The van der Waals surface area contributed by atoms with E-state index in [4.69, 9.17) is 12.2 Å². The van der Waals surface area contributed by atoms with Crippen LogP contribution in [-0.4, -0.2) is 30.8 Å². The zero-order chi connectivity index (χ0) is 19.2. The van der Waals surface area contributed by atoms with Crippen LogP contribution in [0.4, 0.5) is 5.69 Å². The lowest BCUT2D eigenvalue weighted by Gasteiger charge is -2.10. The third-order valence-electron chi connectivity index (χ3n) is 4.00. The van der Waals surface area contributed by atoms with E-state index in [0.29, 0.717) is 11.5 Å². The van der Waals surface area contributed by atoms with Crippen molar-refractivity contribution in [2.24, 2.45) is 0 Å². The molecule has 0 saturated heterocycles. The van der Waals surface area contributed by atoms with E-state index < -0.39 is 0 Å². The number of carbonyl (C=O) groups is 1. The summed E-state index contributed by atoms with van der Waals surface area (Å²) in [5.41, 5.74) is 1.75. The van der Waals surface area contributed by atoms with Crippen molar-refractivity contribution in [2.45, 2.75) is 46.0 Å². The zero-order valence-corrected chi connectivity index (χ0v) is 17.0. The number of hydrogen-bond acceptors (Lipinski definition) is 6. The maximum absolute atomic E-state index is 11.9. The molecule has 0 spiro atoms. The van der Waals surface area contributed by atoms with E-state index in [1.807, 2.05) is 31.2 Å². The monoisotopic (exact) mass is 402 g/mol. The summed E-state index contributed by atoms with van der Waals surface area (Å²) in [6.07, 6.45) is 4.27. The smallest absolute Gasteiger partial charge is 0.234 e. The van der Waals surface area contributed by atoms with E-state index in [2.05, 4.69) is 32.9 Å². The minimum Gasteiger partial charge on any atom is -0.332 e. The van der Waals surface area contributed by atoms with Crippen LogP contribution in [0.5, 0.6) is 0 Å². The number of nitrogens with zero attached hydrogens (tertiary/aromatic N) is 4. The first-order chi connectivity index (χ1) is 13.1. The summed E-state index contributed by atoms with van der Waals surface area (Å²) < 4.78 is 1.78. The lowest BCUT2D eigenvalue weighted by Crippen LogP contribution is -2.33. The highest BCUT2D eigenvalue weighted by Crippen LogP contribution is 2.27. The van der Waals surface area contributed by atoms with Gasteiger partial charge in [0.2, 0.25) is 10.9 Å². The Morgan fingerprint density at radius 3 is 2.89 bits per heavy atom. The lowest BCUT2D eigenvalue weighted by atomic mass is 10.2. The molecule has 7 nitrogen and oxygen atoms in total. The van der Waals surface area contributed by atoms with Gasteiger partial charge >= 0.3 is 0 Å². The molecule has 0 fully saturated rings. The standard InChI is InChI=1S/C18H22N6OS2/c1-3-5-6-10-15(25)20-17(26)19-13-9-7-8-12(11-13)16-23-24-14(4-2)21-22-18(24)27-16/h7-9,11H,3-6,10H2,1-2H3,(H2,19,20,25,26). The molecule has 0 aliphatic rings. The average molecular weight is 403 g/mol. The van der Waals surface area contributed by atoms with Crippen molar-refractivity contribution in [3.63, 3.8) is 0 Å². The second-order valence-corrected chi connectivity index (χ2v) is 7.48. The Morgan fingerprint density at radius 1 is 1.26 bits per heavy atom. The van der Waals surface area contributed by atoms with Gasteiger partial charge in [0.15, 0.2) is 10.9 Å². The van der Waals surface area contributed by atoms with Gasteiger partial charge in [-0.05, 0) is 30.8 Å². The first-order valence-corrected chi connectivity index (χ1v) is 10.3. The molecule has 2 aromatic heterocycles. The number of fused-ring (bicyclic) bond motifs is 1. The van der Waals surface area contributed by atoms with E-state index in [1.54, 1.807) is 4.52 Å². The number of thiocarbonyl (C=S) groups is 1. The van der Waals surface area contributed by atoms with Gasteiger partial charge in [0, 0.05) is 24.1 Å². The quantitative estimate of drug-likeness (QED) is 0.462. The molecular formula is C18H22N6OS2. The minimum absolute atomic E-state index is 0.0575. The number of hydrogen-bond donors (Lipinski definition) is 2. The van der Waals surface area contributed by atoms with E-state index in [9.17, 15) is 4.79 Å². The summed E-state index contributed by atoms with van der Waals surface area (Å²) in [5.74, 6) is 0.784. The summed E-state index contributed by atoms with van der Waals surface area (Å²) in [6, 6.07) is 7.75. The minimum atomic E-state index is -0.0575. The molecule has 1 amide bonds. The fourth-order valence-corrected chi connectivity index (χ4v) is 3.70. The lowest BCUT2D eigenvalue weighted by molar-refractivity contribution is -0.119. The van der Waals surface area contributed by atoms with Crippen LogP contribution >= 0.6 is 23.6 Å². The molecule has 0 atom stereocenters. The molecule has 27 heavy (non-hydrogen) atoms. The van der Waals surface area contributed by atoms with Gasteiger partial charge in [0.1, 0.15) is 5.01 Å². The molecule has 9 heteroatoms. The van der Waals surface area contributed by atoms with Crippen LogP contribution in [0.25, 0.3) is 15.5 Å². The van der Waals surface area contributed by atoms with Crippen LogP contribution in [0.1, 0.15) is 45.4 Å². The zero-order valence-electron chi connectivity index (χ0n) is 15.4. The van der Waals surface area contributed by atoms with Crippen molar-refractivity contribution in [2.75, 3.05) is 5.32 Å². The fourth-order valence-electron chi connectivity index (χ4n) is 2.61. The van der Waals surface area contributed by atoms with Crippen LogP contribution in [0.2, 0.25) is 0 Å². The summed E-state index contributed by atoms with van der Waals surface area (Å²) in [7, 11) is 0. The SMILES string of the molecule is CCCCCC(=O)NC(=S)Nc1cccc(-c2nn3c(CC)nnc3s2)c1. The Labute approximate surface area is 167 Å². The van der Waals surface area contributed by atoms with Gasteiger partial charge < -0.3 is 10.6 Å². The summed E-state index contributed by atoms with van der Waals surface area (Å²) in [6.45, 7) is 4.13. The first-order valence-electron chi connectivity index (χ1n) is 9.03. The number of nitrogens with one attached hydrogen (secondary N) is 2. The van der Waals surface area contributed by atoms with Crippen molar-refractivity contribution < 1.29 is 4.79 Å². The topological polar surface area (TPSA) is 84.2 Å². The largest absolute Gasteiger partial charge is 0.332 e. The van der Waals surface area contributed by atoms with E-state index >= 15 is 0 Å². The van der Waals surface area contributed by atoms with Crippen molar-refractivity contribution in [1.82, 2.24) is 25.1 Å². The molecular weight excluding hydrogens is 380 g/mol. The van der Waals surface area contributed by atoms with Crippen molar-refractivity contribution in [1.29, 1.82) is 0 Å². The van der Waals surface area contributed by atoms with Gasteiger partial charge in [0.05, 0.1) is 0 Å². The van der Waals surface area contributed by atoms with E-state index in [-0.39, 0.29) is 5.91 Å². The van der Waals surface area contributed by atoms with Crippen molar-refractivity contribution >= 4 is 45.2 Å². The third-order valence-corrected chi connectivity index (χ3v) is 5.15. The molecule has 2 N–H and O–H groups in total. The number of aryl methyl sites for hydroxylation is 1. The van der Waals surface area contributed by atoms with Crippen LogP contribution in [0.3, 0.4) is 0 Å². The Hall–Kier alpha value is -2.39. The molecule has 3 aromatic rings. The van der Waals surface area contributed by atoms with Crippen LogP contribution in [0.15, 0.2) is 24.3 Å². The molecule has 0 aliphatic heterocycles. The van der Waals surface area contributed by atoms with Gasteiger partial charge in [-0.15, -0.1) is 10.2 Å². The number of anilines is 1. The van der Waals surface area contributed by atoms with Crippen LogP contribution in [-0.2, 0) is 11.2 Å². The summed E-state index contributed by atoms with van der Waals surface area (Å²) in [5, 5.41) is 19.8. The van der Waals surface area contributed by atoms with E-state index in [0.717, 1.165) is 52.7 Å². The number of aromatic nitrogens is 4. The van der Waals surface area contributed by atoms with Gasteiger partial charge in [-0.3, -0.25) is 4.79 Å². The molecule has 2 heterocycles. The second-order valence-electron chi connectivity index (χ2n) is 6.11. The second kappa shape index (κ2) is 9.01. The molecule has 0 saturated carbocycles. The molecule has 142 valence electrons. The predicted molar refractivity (Wildman–Crippen MR) is 112 cm³/mol. The molecule has 0 unspecified atom stereocenters.